The predicted molar refractivity (Wildman–Crippen MR) is 42.9 cm³/mol. The maximum Gasteiger partial charge on any atom is 0.413 e. The number of hydrogen-bond donors (Lipinski definition) is 2. The van der Waals surface area contributed by atoms with Gasteiger partial charge in [0.15, 0.2) is 0 Å². The van der Waals surface area contributed by atoms with Crippen molar-refractivity contribution in [3.05, 3.63) is 12.3 Å². The van der Waals surface area contributed by atoms with Gasteiger partial charge in [0.05, 0.1) is 0 Å². The summed E-state index contributed by atoms with van der Waals surface area (Å²) in [6.45, 7) is 0. The van der Waals surface area contributed by atoms with Crippen molar-refractivity contribution in [2.24, 2.45) is 0 Å². The molecule has 12 heavy (non-hydrogen) atoms. The van der Waals surface area contributed by atoms with Gasteiger partial charge in [-0.2, -0.15) is 4.98 Å². The molecule has 0 bridgehead atoms. The van der Waals surface area contributed by atoms with Crippen molar-refractivity contribution in [1.82, 2.24) is 9.97 Å². The van der Waals surface area contributed by atoms with Crippen molar-refractivity contribution in [2.75, 3.05) is 17.7 Å². The molecule has 0 aliphatic rings. The molecule has 1 heterocycles. The molecule has 1 rings (SSSR count). The molecule has 0 aromatic carbocycles. The molecule has 64 valence electrons. The number of carboxylic acid groups (broad SMARTS) is 1. The number of anilines is 2. The van der Waals surface area contributed by atoms with Crippen molar-refractivity contribution < 1.29 is 9.90 Å². The van der Waals surface area contributed by atoms with Crippen molar-refractivity contribution in [3.8, 4) is 0 Å². The number of carbonyl (C=O) groups is 1. The van der Waals surface area contributed by atoms with Crippen LogP contribution in [0.25, 0.3) is 0 Å². The van der Waals surface area contributed by atoms with Crippen molar-refractivity contribution in [2.45, 2.75) is 0 Å². The minimum absolute atomic E-state index is 0.0718. The Morgan fingerprint density at radius 2 is 2.42 bits per heavy atom. The van der Waals surface area contributed by atoms with Crippen LogP contribution in [0.3, 0.4) is 0 Å². The van der Waals surface area contributed by atoms with E-state index >= 15 is 0 Å². The van der Waals surface area contributed by atoms with E-state index in [1.807, 2.05) is 0 Å². The SMILES string of the molecule is CN(C(=O)O)c1nccc(N)n1. The fourth-order valence-electron chi connectivity index (χ4n) is 0.609. The molecule has 0 aliphatic carbocycles. The van der Waals surface area contributed by atoms with E-state index in [0.29, 0.717) is 0 Å². The molecular formula is C6H8N4O2. The first-order valence-electron chi connectivity index (χ1n) is 3.16. The maximum absolute atomic E-state index is 10.4. The van der Waals surface area contributed by atoms with Crippen molar-refractivity contribution >= 4 is 17.9 Å². The minimum atomic E-state index is -1.12. The molecule has 0 spiro atoms. The Morgan fingerprint density at radius 1 is 1.75 bits per heavy atom. The molecule has 1 aromatic rings. The zero-order valence-electron chi connectivity index (χ0n) is 6.43. The summed E-state index contributed by atoms with van der Waals surface area (Å²) in [4.78, 5) is 18.7. The van der Waals surface area contributed by atoms with Gasteiger partial charge in [0.1, 0.15) is 5.82 Å². The molecule has 0 atom stereocenters. The van der Waals surface area contributed by atoms with Gasteiger partial charge in [-0.1, -0.05) is 0 Å². The van der Waals surface area contributed by atoms with Gasteiger partial charge in [0.25, 0.3) is 0 Å². The number of amides is 1. The molecule has 6 nitrogen and oxygen atoms in total. The van der Waals surface area contributed by atoms with E-state index in [2.05, 4.69) is 9.97 Å². The lowest BCUT2D eigenvalue weighted by atomic mass is 10.6. The van der Waals surface area contributed by atoms with Crippen LogP contribution in [0.1, 0.15) is 0 Å². The Hall–Kier alpha value is -1.85. The van der Waals surface area contributed by atoms with Crippen LogP contribution < -0.4 is 10.6 Å². The standard InChI is InChI=1S/C6H8N4O2/c1-10(6(11)12)5-8-3-2-4(7)9-5/h2-3H,1H3,(H,11,12)(H2,7,8,9). The van der Waals surface area contributed by atoms with Crippen LogP contribution in [-0.2, 0) is 0 Å². The molecule has 0 radical (unpaired) electrons. The normalized spacial score (nSPS) is 9.42. The summed E-state index contributed by atoms with van der Waals surface area (Å²) >= 11 is 0. The average molecular weight is 168 g/mol. The first-order valence-corrected chi connectivity index (χ1v) is 3.16. The van der Waals surface area contributed by atoms with Crippen LogP contribution in [0, 0.1) is 0 Å². The molecule has 0 unspecified atom stereocenters. The molecular weight excluding hydrogens is 160 g/mol. The third-order valence-electron chi connectivity index (χ3n) is 1.25. The van der Waals surface area contributed by atoms with Gasteiger partial charge in [0, 0.05) is 13.2 Å². The summed E-state index contributed by atoms with van der Waals surface area (Å²) in [5, 5.41) is 8.53. The van der Waals surface area contributed by atoms with E-state index in [0.717, 1.165) is 4.90 Å². The Kier molecular flexibility index (Phi) is 2.09. The summed E-state index contributed by atoms with van der Waals surface area (Å²) in [7, 11) is 1.34. The quantitative estimate of drug-likeness (QED) is 0.623. The van der Waals surface area contributed by atoms with Gasteiger partial charge in [-0.15, -0.1) is 0 Å². The number of nitrogens with two attached hydrogens (primary N) is 1. The molecule has 0 saturated heterocycles. The Morgan fingerprint density at radius 3 is 2.92 bits per heavy atom. The summed E-state index contributed by atoms with van der Waals surface area (Å²) in [5.74, 6) is 0.315. The zero-order chi connectivity index (χ0) is 9.14. The average Bonchev–Trinajstić information content (AvgIpc) is 2.03. The number of nitrogen functional groups attached to an aromatic ring is 1. The lowest BCUT2D eigenvalue weighted by Crippen LogP contribution is -2.25. The highest BCUT2D eigenvalue weighted by Crippen LogP contribution is 2.05. The van der Waals surface area contributed by atoms with Crippen LogP contribution in [0.4, 0.5) is 16.6 Å². The van der Waals surface area contributed by atoms with E-state index in [1.165, 1.54) is 19.3 Å². The van der Waals surface area contributed by atoms with E-state index in [-0.39, 0.29) is 11.8 Å². The highest BCUT2D eigenvalue weighted by molar-refractivity contribution is 5.82. The van der Waals surface area contributed by atoms with Gasteiger partial charge in [0.2, 0.25) is 5.95 Å². The van der Waals surface area contributed by atoms with E-state index in [4.69, 9.17) is 10.8 Å². The minimum Gasteiger partial charge on any atom is -0.465 e. The smallest absolute Gasteiger partial charge is 0.413 e. The number of rotatable bonds is 1. The Bertz CT molecular complexity index is 301. The summed E-state index contributed by atoms with van der Waals surface area (Å²) in [5.41, 5.74) is 5.33. The molecule has 3 N–H and O–H groups in total. The van der Waals surface area contributed by atoms with E-state index < -0.39 is 6.09 Å². The lowest BCUT2D eigenvalue weighted by molar-refractivity contribution is 0.203. The first kappa shape index (κ1) is 8.25. The summed E-state index contributed by atoms with van der Waals surface area (Å²) in [6, 6.07) is 1.49. The fourth-order valence-corrected chi connectivity index (χ4v) is 0.609. The number of nitrogens with zero attached hydrogens (tertiary/aromatic N) is 3. The monoisotopic (exact) mass is 168 g/mol. The third kappa shape index (κ3) is 1.60. The van der Waals surface area contributed by atoms with Crippen LogP contribution in [0.5, 0.6) is 0 Å². The second kappa shape index (κ2) is 3.04. The van der Waals surface area contributed by atoms with Gasteiger partial charge in [-0.05, 0) is 6.07 Å². The third-order valence-corrected chi connectivity index (χ3v) is 1.25. The topological polar surface area (TPSA) is 92.3 Å². The van der Waals surface area contributed by atoms with Gasteiger partial charge in [-0.25, -0.2) is 14.7 Å². The molecule has 1 aromatic heterocycles. The fraction of sp³-hybridized carbons (Fsp3) is 0.167. The largest absolute Gasteiger partial charge is 0.465 e. The second-order valence-electron chi connectivity index (χ2n) is 2.12. The zero-order valence-corrected chi connectivity index (χ0v) is 6.43. The van der Waals surface area contributed by atoms with Crippen LogP contribution in [0.15, 0.2) is 12.3 Å². The lowest BCUT2D eigenvalue weighted by Gasteiger charge is -2.09. The van der Waals surface area contributed by atoms with Gasteiger partial charge >= 0.3 is 6.09 Å². The molecule has 0 aliphatic heterocycles. The second-order valence-corrected chi connectivity index (χ2v) is 2.12. The summed E-state index contributed by atoms with van der Waals surface area (Å²) < 4.78 is 0. The van der Waals surface area contributed by atoms with Gasteiger partial charge < -0.3 is 10.8 Å². The van der Waals surface area contributed by atoms with Crippen LogP contribution >= 0.6 is 0 Å². The highest BCUT2D eigenvalue weighted by atomic mass is 16.4. The molecule has 6 heteroatoms. The number of aromatic nitrogens is 2. The van der Waals surface area contributed by atoms with Gasteiger partial charge in [-0.3, -0.25) is 0 Å². The van der Waals surface area contributed by atoms with E-state index in [1.54, 1.807) is 0 Å². The van der Waals surface area contributed by atoms with Crippen LogP contribution in [0.2, 0.25) is 0 Å². The molecule has 0 fully saturated rings. The van der Waals surface area contributed by atoms with Crippen molar-refractivity contribution in [3.63, 3.8) is 0 Å². The molecule has 0 saturated carbocycles. The van der Waals surface area contributed by atoms with Crippen LogP contribution in [-0.4, -0.2) is 28.2 Å². The summed E-state index contributed by atoms with van der Waals surface area (Å²) in [6.07, 6.45) is 0.275. The first-order chi connectivity index (χ1) is 5.61. The number of hydrogen-bond acceptors (Lipinski definition) is 4. The molecule has 1 amide bonds. The predicted octanol–water partition coefficient (Wildman–Crippen LogP) is 0.173. The Balaban J connectivity index is 2.95. The van der Waals surface area contributed by atoms with Crippen molar-refractivity contribution in [1.29, 1.82) is 0 Å². The maximum atomic E-state index is 10.4. The Labute approximate surface area is 68.7 Å². The highest BCUT2D eigenvalue weighted by Gasteiger charge is 2.10. The van der Waals surface area contributed by atoms with E-state index in [9.17, 15) is 4.79 Å².